The Morgan fingerprint density at radius 1 is 0.750 bits per heavy atom. The van der Waals surface area contributed by atoms with E-state index in [2.05, 4.69) is 24.5 Å². The van der Waals surface area contributed by atoms with E-state index in [-0.39, 0.29) is 48.9 Å². The van der Waals surface area contributed by atoms with Crippen molar-refractivity contribution < 1.29 is 28.7 Å². The maximum Gasteiger partial charge on any atom is 3.00 e. The molecule has 0 unspecified atom stereocenters. The first kappa shape index (κ1) is 24.1. The molecule has 0 amide bonds. The first-order chi connectivity index (χ1) is 4.00. The summed E-state index contributed by atoms with van der Waals surface area (Å²) in [7, 11) is 0. The van der Waals surface area contributed by atoms with Crippen molar-refractivity contribution in [3.63, 3.8) is 0 Å². The number of hydrogen-bond acceptors (Lipinski definition) is 8. The molecule has 0 N–H and O–H groups in total. The fraction of sp³-hybridized carbons (Fsp3) is 0. The van der Waals surface area contributed by atoms with E-state index in [0.717, 1.165) is 0 Å². The van der Waals surface area contributed by atoms with Crippen LogP contribution in [0.1, 0.15) is 0 Å². The fourth-order valence-electron chi connectivity index (χ4n) is 0. The zero-order valence-electron chi connectivity index (χ0n) is 5.05. The maximum atomic E-state index is 8.92. The summed E-state index contributed by atoms with van der Waals surface area (Å²) in [5.41, 5.74) is 0. The van der Waals surface area contributed by atoms with E-state index in [1.54, 1.807) is 0 Å². The number of hydrogen-bond donors (Lipinski definition) is 0. The van der Waals surface area contributed by atoms with Gasteiger partial charge in [-0.15, -0.1) is 0 Å². The van der Waals surface area contributed by atoms with Gasteiger partial charge >= 0.3 is 48.9 Å². The van der Waals surface area contributed by atoms with E-state index >= 15 is 0 Å². The van der Waals surface area contributed by atoms with Crippen LogP contribution in [0.5, 0.6) is 0 Å². The SMILES string of the molecule is O=P([O-])([O-])[S-].O=P([O-])([O-])[S-].[Sb+3].[Sb+3]. The minimum atomic E-state index is -4.56. The average Bonchev–Trinajstić information content (AvgIpc) is 1.12. The summed E-state index contributed by atoms with van der Waals surface area (Å²) in [6, 6.07) is 0. The first-order valence-electron chi connectivity index (χ1n) is 1.46. The largest absolute Gasteiger partial charge is 3.00 e. The Hall–Kier alpha value is 2.64. The molecule has 0 bridgehead atoms. The predicted molar refractivity (Wildman–Crippen MR) is 41.5 cm³/mol. The third kappa shape index (κ3) is 246. The molecule has 0 atom stereocenters. The molecule has 0 fully saturated rings. The van der Waals surface area contributed by atoms with E-state index in [1.165, 1.54) is 0 Å². The summed E-state index contributed by atoms with van der Waals surface area (Å²) in [6.07, 6.45) is 0. The van der Waals surface area contributed by atoms with E-state index < -0.39 is 13.6 Å². The first-order valence-corrected chi connectivity index (χ1v) is 6.57. The summed E-state index contributed by atoms with van der Waals surface area (Å²) in [4.78, 5) is 35.7. The average molecular weight is 466 g/mol. The van der Waals surface area contributed by atoms with Crippen LogP contribution in [0, 0.1) is 0 Å². The van der Waals surface area contributed by atoms with Crippen LogP contribution in [0.2, 0.25) is 0 Å². The van der Waals surface area contributed by atoms with Gasteiger partial charge in [0.1, 0.15) is 0 Å². The van der Waals surface area contributed by atoms with Gasteiger partial charge in [-0.2, -0.15) is 0 Å². The van der Waals surface area contributed by atoms with Crippen LogP contribution in [0.25, 0.3) is 0 Å². The van der Waals surface area contributed by atoms with Gasteiger partial charge < -0.3 is 53.2 Å². The summed E-state index contributed by atoms with van der Waals surface area (Å²) >= 11 is 6.54. The molecule has 6 nitrogen and oxygen atoms in total. The fourth-order valence-corrected chi connectivity index (χ4v) is 0. The molecule has 0 aliphatic rings. The second kappa shape index (κ2) is 10.2. The standard InChI is InChI=1S/2H3O3PS.2Sb/c2*1-4(2,3)5;;/h2*(H3,1,2,3,5);;/q;;2*+3/p-6. The molecule has 12 heteroatoms. The monoisotopic (exact) mass is 464 g/mol. The molecule has 0 rings (SSSR count). The quantitative estimate of drug-likeness (QED) is 0.201. The van der Waals surface area contributed by atoms with Gasteiger partial charge in [0, 0.05) is 0 Å². The second-order valence-electron chi connectivity index (χ2n) is 0.894. The van der Waals surface area contributed by atoms with Gasteiger partial charge in [-0.3, -0.25) is 0 Å². The normalized spacial score (nSPS) is 9.83. The van der Waals surface area contributed by atoms with Crippen LogP contribution in [-0.4, -0.2) is 48.9 Å². The summed E-state index contributed by atoms with van der Waals surface area (Å²) in [6.45, 7) is -9.11. The van der Waals surface area contributed by atoms with Crippen LogP contribution >= 0.6 is 13.6 Å². The predicted octanol–water partition coefficient (Wildman–Crippen LogP) is -4.04. The third-order valence-corrected chi connectivity index (χ3v) is 0. The molecule has 12 heavy (non-hydrogen) atoms. The second-order valence-corrected chi connectivity index (χ2v) is 5.37. The van der Waals surface area contributed by atoms with Gasteiger partial charge in [0.15, 0.2) is 0 Å². The molecule has 0 aromatic rings. The van der Waals surface area contributed by atoms with Gasteiger partial charge in [0.25, 0.3) is 0 Å². The van der Waals surface area contributed by atoms with Crippen LogP contribution < -0.4 is 19.6 Å². The Morgan fingerprint density at radius 3 is 0.750 bits per heavy atom. The molecule has 0 saturated heterocycles. The minimum absolute atomic E-state index is 0. The van der Waals surface area contributed by atoms with Gasteiger partial charge in [0.05, 0.1) is 0 Å². The van der Waals surface area contributed by atoms with Gasteiger partial charge in [-0.05, 0) is 0 Å². The number of rotatable bonds is 0. The van der Waals surface area contributed by atoms with Gasteiger partial charge in [-0.1, -0.05) is 0 Å². The van der Waals surface area contributed by atoms with E-state index in [4.69, 9.17) is 28.7 Å². The van der Waals surface area contributed by atoms with Crippen molar-refractivity contribution in [2.45, 2.75) is 0 Å². The van der Waals surface area contributed by atoms with Crippen molar-refractivity contribution in [1.82, 2.24) is 0 Å². The van der Waals surface area contributed by atoms with Crippen molar-refractivity contribution in [1.29, 1.82) is 0 Å². The van der Waals surface area contributed by atoms with Crippen LogP contribution in [0.4, 0.5) is 0 Å². The molecular formula is O6P2S2Sb2. The molecule has 0 saturated carbocycles. The Morgan fingerprint density at radius 2 is 0.750 bits per heavy atom. The molecule has 0 heterocycles. The summed E-state index contributed by atoms with van der Waals surface area (Å²) in [5.74, 6) is 0. The van der Waals surface area contributed by atoms with Crippen LogP contribution in [0.3, 0.4) is 0 Å². The van der Waals surface area contributed by atoms with E-state index in [0.29, 0.717) is 0 Å². The van der Waals surface area contributed by atoms with Gasteiger partial charge in [-0.25, -0.2) is 13.6 Å². The molecule has 0 aromatic carbocycles. The van der Waals surface area contributed by atoms with Crippen molar-refractivity contribution >= 4 is 86.9 Å². The molecule has 0 spiro atoms. The van der Waals surface area contributed by atoms with Gasteiger partial charge in [0.2, 0.25) is 0 Å². The van der Waals surface area contributed by atoms with Crippen molar-refractivity contribution in [3.8, 4) is 0 Å². The van der Waals surface area contributed by atoms with E-state index in [1.807, 2.05) is 0 Å². The Bertz CT molecular complexity index is 134. The summed E-state index contributed by atoms with van der Waals surface area (Å²) < 4.78 is 17.8. The maximum absolute atomic E-state index is 8.92. The molecule has 0 aliphatic carbocycles. The minimum Gasteiger partial charge on any atom is -0.829 e. The van der Waals surface area contributed by atoms with Crippen LogP contribution in [0.15, 0.2) is 0 Å². The smallest absolute Gasteiger partial charge is 0.829 e. The topological polar surface area (TPSA) is 126 Å². The molecule has 0 aromatic heterocycles. The zero-order valence-corrected chi connectivity index (χ0v) is 13.6. The van der Waals surface area contributed by atoms with E-state index in [9.17, 15) is 0 Å². The molecule has 0 aliphatic heterocycles. The Balaban J connectivity index is -0.0000000457. The van der Waals surface area contributed by atoms with Crippen molar-refractivity contribution in [3.05, 3.63) is 0 Å². The Kier molecular flexibility index (Phi) is 20.4. The molecule has 4 radical (unpaired) electrons. The molecular weight excluding hydrogens is 466 g/mol. The van der Waals surface area contributed by atoms with Crippen molar-refractivity contribution in [2.75, 3.05) is 0 Å². The zero-order chi connectivity index (χ0) is 9.00. The summed E-state index contributed by atoms with van der Waals surface area (Å²) in [5, 5.41) is 0. The molecule has 68 valence electrons. The van der Waals surface area contributed by atoms with Crippen LogP contribution in [-0.2, 0) is 33.6 Å². The van der Waals surface area contributed by atoms with Crippen molar-refractivity contribution in [2.24, 2.45) is 0 Å². The third-order valence-electron chi connectivity index (χ3n) is 0. The Labute approximate surface area is 114 Å².